The van der Waals surface area contributed by atoms with Crippen LogP contribution in [0.2, 0.25) is 5.02 Å². The van der Waals surface area contributed by atoms with Crippen molar-refractivity contribution in [3.05, 3.63) is 58.1 Å². The molecule has 0 saturated carbocycles. The Morgan fingerprint density at radius 3 is 2.23 bits per heavy atom. The third-order valence-corrected chi connectivity index (χ3v) is 4.02. The Balaban J connectivity index is 1.88. The van der Waals surface area contributed by atoms with Crippen LogP contribution in [0.25, 0.3) is 0 Å². The van der Waals surface area contributed by atoms with Crippen LogP contribution in [0.1, 0.15) is 23.6 Å². The third kappa shape index (κ3) is 5.49. The lowest BCUT2D eigenvalue weighted by Gasteiger charge is -2.17. The molecule has 5 nitrogen and oxygen atoms in total. The van der Waals surface area contributed by atoms with Crippen LogP contribution in [0.3, 0.4) is 0 Å². The molecule has 0 bridgehead atoms. The Hall–Kier alpha value is -2.53. The standard InChI is InChI=1S/C20H22ClNO4/c1-12-9-13(2)19(14(3)10-12)22-20(24)15(4)26-18(23)11-25-17-7-5-16(21)6-8-17/h5-10,15H,11H2,1-4H3,(H,22,24)/t15-/m1/s1. The quantitative estimate of drug-likeness (QED) is 0.768. The molecular weight excluding hydrogens is 354 g/mol. The van der Waals surface area contributed by atoms with Crippen LogP contribution in [0.5, 0.6) is 5.75 Å². The largest absolute Gasteiger partial charge is 0.482 e. The molecule has 26 heavy (non-hydrogen) atoms. The second-order valence-corrected chi connectivity index (χ2v) is 6.57. The van der Waals surface area contributed by atoms with Crippen molar-refractivity contribution in [3.63, 3.8) is 0 Å². The zero-order valence-electron chi connectivity index (χ0n) is 15.3. The molecule has 138 valence electrons. The molecule has 0 fully saturated rings. The fourth-order valence-electron chi connectivity index (χ4n) is 2.56. The Morgan fingerprint density at radius 1 is 1.08 bits per heavy atom. The Bertz CT molecular complexity index is 779. The van der Waals surface area contributed by atoms with Crippen LogP contribution >= 0.6 is 11.6 Å². The monoisotopic (exact) mass is 375 g/mol. The number of nitrogens with one attached hydrogen (secondary N) is 1. The highest BCUT2D eigenvalue weighted by molar-refractivity contribution is 6.30. The van der Waals surface area contributed by atoms with Crippen LogP contribution in [0, 0.1) is 20.8 Å². The molecule has 0 unspecified atom stereocenters. The molecule has 2 rings (SSSR count). The Kier molecular flexibility index (Phi) is 6.64. The number of ether oxygens (including phenoxy) is 2. The van der Waals surface area contributed by atoms with Gasteiger partial charge in [-0.15, -0.1) is 0 Å². The maximum atomic E-state index is 12.3. The fraction of sp³-hybridized carbons (Fsp3) is 0.300. The van der Waals surface area contributed by atoms with Crippen molar-refractivity contribution in [2.45, 2.75) is 33.8 Å². The summed E-state index contributed by atoms with van der Waals surface area (Å²) in [5.74, 6) is -0.519. The lowest BCUT2D eigenvalue weighted by molar-refractivity contribution is -0.155. The number of aryl methyl sites for hydroxylation is 3. The number of amides is 1. The number of carbonyl (C=O) groups is 2. The predicted octanol–water partition coefficient (Wildman–Crippen LogP) is 4.21. The van der Waals surface area contributed by atoms with E-state index in [4.69, 9.17) is 21.1 Å². The number of hydrogen-bond acceptors (Lipinski definition) is 4. The van der Waals surface area contributed by atoms with E-state index >= 15 is 0 Å². The van der Waals surface area contributed by atoms with Crippen molar-refractivity contribution in [3.8, 4) is 5.75 Å². The molecule has 1 N–H and O–H groups in total. The van der Waals surface area contributed by atoms with E-state index in [1.54, 1.807) is 24.3 Å². The minimum Gasteiger partial charge on any atom is -0.482 e. The van der Waals surface area contributed by atoms with Crippen molar-refractivity contribution in [2.75, 3.05) is 11.9 Å². The van der Waals surface area contributed by atoms with E-state index in [9.17, 15) is 9.59 Å². The molecule has 2 aromatic rings. The minimum atomic E-state index is -0.934. The topological polar surface area (TPSA) is 64.6 Å². The van der Waals surface area contributed by atoms with Crippen LogP contribution < -0.4 is 10.1 Å². The minimum absolute atomic E-state index is 0.290. The zero-order chi connectivity index (χ0) is 19.3. The van der Waals surface area contributed by atoms with Gasteiger partial charge in [0.2, 0.25) is 0 Å². The summed E-state index contributed by atoms with van der Waals surface area (Å²) in [6, 6.07) is 10.6. The Labute approximate surface area is 158 Å². The van der Waals surface area contributed by atoms with Crippen molar-refractivity contribution in [2.24, 2.45) is 0 Å². The molecule has 0 aliphatic carbocycles. The number of hydrogen-bond donors (Lipinski definition) is 1. The van der Waals surface area contributed by atoms with Gasteiger partial charge in [0.15, 0.2) is 12.7 Å². The lowest BCUT2D eigenvalue weighted by atomic mass is 10.0. The SMILES string of the molecule is Cc1cc(C)c(NC(=O)[C@@H](C)OC(=O)COc2ccc(Cl)cc2)c(C)c1. The van der Waals surface area contributed by atoms with Crippen LogP contribution in [0.4, 0.5) is 5.69 Å². The van der Waals surface area contributed by atoms with E-state index in [1.807, 2.05) is 32.9 Å². The zero-order valence-corrected chi connectivity index (χ0v) is 16.0. The normalized spacial score (nSPS) is 11.6. The summed E-state index contributed by atoms with van der Waals surface area (Å²) in [7, 11) is 0. The maximum absolute atomic E-state index is 12.3. The van der Waals surface area contributed by atoms with E-state index in [0.717, 1.165) is 22.4 Å². The van der Waals surface area contributed by atoms with E-state index in [-0.39, 0.29) is 12.5 Å². The summed E-state index contributed by atoms with van der Waals surface area (Å²) in [5.41, 5.74) is 3.78. The van der Waals surface area contributed by atoms with Gasteiger partial charge < -0.3 is 14.8 Å². The summed E-state index contributed by atoms with van der Waals surface area (Å²) in [5, 5.41) is 3.40. The second-order valence-electron chi connectivity index (χ2n) is 6.14. The average molecular weight is 376 g/mol. The van der Waals surface area contributed by atoms with Gasteiger partial charge in [-0.05, 0) is 63.1 Å². The lowest BCUT2D eigenvalue weighted by Crippen LogP contribution is -2.32. The second kappa shape index (κ2) is 8.72. The van der Waals surface area contributed by atoms with E-state index in [2.05, 4.69) is 5.32 Å². The first-order valence-electron chi connectivity index (χ1n) is 8.23. The summed E-state index contributed by atoms with van der Waals surface area (Å²) >= 11 is 5.78. The molecule has 1 atom stereocenters. The first kappa shape index (κ1) is 19.8. The maximum Gasteiger partial charge on any atom is 0.344 e. The first-order valence-corrected chi connectivity index (χ1v) is 8.60. The number of esters is 1. The summed E-state index contributed by atoms with van der Waals surface area (Å²) in [6.07, 6.45) is -0.934. The van der Waals surface area contributed by atoms with E-state index in [0.29, 0.717) is 10.8 Å². The van der Waals surface area contributed by atoms with Crippen LogP contribution in [-0.4, -0.2) is 24.6 Å². The van der Waals surface area contributed by atoms with Gasteiger partial charge in [-0.2, -0.15) is 0 Å². The van der Waals surface area contributed by atoms with Crippen molar-refractivity contribution in [1.29, 1.82) is 0 Å². The molecule has 0 aliphatic rings. The predicted molar refractivity (Wildman–Crippen MR) is 102 cm³/mol. The molecule has 1 amide bonds. The number of halogens is 1. The summed E-state index contributed by atoms with van der Waals surface area (Å²) in [6.45, 7) is 7.07. The number of benzene rings is 2. The molecule has 0 aromatic heterocycles. The Morgan fingerprint density at radius 2 is 1.65 bits per heavy atom. The molecule has 2 aromatic carbocycles. The van der Waals surface area contributed by atoms with E-state index < -0.39 is 12.1 Å². The molecule has 0 aliphatic heterocycles. The van der Waals surface area contributed by atoms with Crippen molar-refractivity contribution < 1.29 is 19.1 Å². The smallest absolute Gasteiger partial charge is 0.344 e. The van der Waals surface area contributed by atoms with Crippen molar-refractivity contribution in [1.82, 2.24) is 0 Å². The molecule has 6 heteroatoms. The van der Waals surface area contributed by atoms with Gasteiger partial charge >= 0.3 is 5.97 Å². The number of anilines is 1. The van der Waals surface area contributed by atoms with Gasteiger partial charge in [0.05, 0.1) is 0 Å². The van der Waals surface area contributed by atoms with Gasteiger partial charge in [-0.3, -0.25) is 4.79 Å². The molecule has 0 heterocycles. The molecule has 0 radical (unpaired) electrons. The summed E-state index contributed by atoms with van der Waals surface area (Å²) < 4.78 is 10.4. The molecular formula is C20H22ClNO4. The highest BCUT2D eigenvalue weighted by atomic mass is 35.5. The van der Waals surface area contributed by atoms with Crippen LogP contribution in [0.15, 0.2) is 36.4 Å². The third-order valence-electron chi connectivity index (χ3n) is 3.77. The highest BCUT2D eigenvalue weighted by Crippen LogP contribution is 2.22. The average Bonchev–Trinajstić information content (AvgIpc) is 2.57. The molecule has 0 saturated heterocycles. The fourth-order valence-corrected chi connectivity index (χ4v) is 2.69. The van der Waals surface area contributed by atoms with Crippen LogP contribution in [-0.2, 0) is 14.3 Å². The van der Waals surface area contributed by atoms with Gasteiger partial charge in [-0.25, -0.2) is 4.79 Å². The van der Waals surface area contributed by atoms with Gasteiger partial charge in [0.1, 0.15) is 5.75 Å². The van der Waals surface area contributed by atoms with Gasteiger partial charge in [0.25, 0.3) is 5.91 Å². The summed E-state index contributed by atoms with van der Waals surface area (Å²) in [4.78, 5) is 24.2. The number of rotatable bonds is 6. The first-order chi connectivity index (χ1) is 12.3. The highest BCUT2D eigenvalue weighted by Gasteiger charge is 2.19. The number of carbonyl (C=O) groups excluding carboxylic acids is 2. The van der Waals surface area contributed by atoms with Crippen molar-refractivity contribution >= 4 is 29.2 Å². The van der Waals surface area contributed by atoms with Gasteiger partial charge in [0, 0.05) is 10.7 Å². The van der Waals surface area contributed by atoms with Gasteiger partial charge in [-0.1, -0.05) is 29.3 Å². The van der Waals surface area contributed by atoms with E-state index in [1.165, 1.54) is 6.92 Å². The molecule has 0 spiro atoms.